The van der Waals surface area contributed by atoms with Crippen molar-refractivity contribution >= 4 is 6.03 Å². The van der Waals surface area contributed by atoms with Crippen molar-refractivity contribution in [2.45, 2.75) is 25.4 Å². The van der Waals surface area contributed by atoms with E-state index in [0.29, 0.717) is 13.1 Å². The van der Waals surface area contributed by atoms with E-state index in [9.17, 15) is 9.18 Å². The van der Waals surface area contributed by atoms with E-state index < -0.39 is 0 Å². The number of hydrogen-bond acceptors (Lipinski definition) is 2. The van der Waals surface area contributed by atoms with Gasteiger partial charge in [0.1, 0.15) is 5.82 Å². The molecule has 1 fully saturated rings. The van der Waals surface area contributed by atoms with Crippen LogP contribution in [0.4, 0.5) is 9.18 Å². The Morgan fingerprint density at radius 2 is 2.39 bits per heavy atom. The number of hydrogen-bond donors (Lipinski definition) is 2. The first-order valence-corrected chi connectivity index (χ1v) is 6.14. The van der Waals surface area contributed by atoms with Crippen molar-refractivity contribution in [1.29, 1.82) is 0 Å². The van der Waals surface area contributed by atoms with Crippen LogP contribution >= 0.6 is 0 Å². The standard InChI is InChI=1S/C13H18FN3O/c1-9(5-6-15)17-8-12(16-13(17)18)10-3-2-4-11(14)7-10/h2-4,7,9,12H,5-6,8,15H2,1H3,(H,16,18). The van der Waals surface area contributed by atoms with E-state index in [1.807, 2.05) is 13.0 Å². The summed E-state index contributed by atoms with van der Waals surface area (Å²) >= 11 is 0. The van der Waals surface area contributed by atoms with Crippen molar-refractivity contribution in [2.75, 3.05) is 13.1 Å². The largest absolute Gasteiger partial charge is 0.330 e. The Balaban J connectivity index is 2.08. The van der Waals surface area contributed by atoms with E-state index in [0.717, 1.165) is 12.0 Å². The first kappa shape index (κ1) is 12.8. The summed E-state index contributed by atoms with van der Waals surface area (Å²) in [6.07, 6.45) is 0.767. The molecule has 1 aromatic carbocycles. The molecule has 1 saturated heterocycles. The highest BCUT2D eigenvalue weighted by Gasteiger charge is 2.32. The van der Waals surface area contributed by atoms with Gasteiger partial charge in [0.05, 0.1) is 6.04 Å². The van der Waals surface area contributed by atoms with Crippen LogP contribution in [0.25, 0.3) is 0 Å². The fourth-order valence-corrected chi connectivity index (χ4v) is 2.25. The molecule has 3 N–H and O–H groups in total. The number of halogens is 1. The van der Waals surface area contributed by atoms with Gasteiger partial charge in [-0.1, -0.05) is 12.1 Å². The third-order valence-electron chi connectivity index (χ3n) is 3.31. The summed E-state index contributed by atoms with van der Waals surface area (Å²) in [5, 5.41) is 2.87. The SMILES string of the molecule is CC(CCN)N1CC(c2cccc(F)c2)NC1=O. The highest BCUT2D eigenvalue weighted by Crippen LogP contribution is 2.23. The molecule has 5 heteroatoms. The van der Waals surface area contributed by atoms with Gasteiger partial charge in [0, 0.05) is 12.6 Å². The van der Waals surface area contributed by atoms with Crippen molar-refractivity contribution in [3.05, 3.63) is 35.6 Å². The van der Waals surface area contributed by atoms with E-state index in [1.54, 1.807) is 11.0 Å². The average molecular weight is 251 g/mol. The molecule has 2 rings (SSSR count). The lowest BCUT2D eigenvalue weighted by Gasteiger charge is -2.22. The van der Waals surface area contributed by atoms with Crippen LogP contribution in [0.3, 0.4) is 0 Å². The molecule has 2 amide bonds. The summed E-state index contributed by atoms with van der Waals surface area (Å²) in [6, 6.07) is 6.19. The van der Waals surface area contributed by atoms with Gasteiger partial charge in [0.2, 0.25) is 0 Å². The molecule has 1 aliphatic heterocycles. The Labute approximate surface area is 106 Å². The van der Waals surface area contributed by atoms with Crippen molar-refractivity contribution in [1.82, 2.24) is 10.2 Å². The van der Waals surface area contributed by atoms with E-state index in [4.69, 9.17) is 5.73 Å². The van der Waals surface area contributed by atoms with Gasteiger partial charge in [-0.15, -0.1) is 0 Å². The number of nitrogens with zero attached hydrogens (tertiary/aromatic N) is 1. The van der Waals surface area contributed by atoms with E-state index in [2.05, 4.69) is 5.32 Å². The van der Waals surface area contributed by atoms with Gasteiger partial charge in [-0.3, -0.25) is 0 Å². The molecule has 1 heterocycles. The fraction of sp³-hybridized carbons (Fsp3) is 0.462. The van der Waals surface area contributed by atoms with Crippen molar-refractivity contribution < 1.29 is 9.18 Å². The van der Waals surface area contributed by atoms with Crippen LogP contribution < -0.4 is 11.1 Å². The summed E-state index contributed by atoms with van der Waals surface area (Å²) in [5.41, 5.74) is 6.30. The number of amides is 2. The Hall–Kier alpha value is -1.62. The van der Waals surface area contributed by atoms with Gasteiger partial charge in [-0.2, -0.15) is 0 Å². The Kier molecular flexibility index (Phi) is 3.81. The van der Waals surface area contributed by atoms with Crippen molar-refractivity contribution in [2.24, 2.45) is 5.73 Å². The number of rotatable bonds is 4. The zero-order valence-corrected chi connectivity index (χ0v) is 10.4. The predicted molar refractivity (Wildman–Crippen MR) is 67.5 cm³/mol. The van der Waals surface area contributed by atoms with Crippen LogP contribution in [0.15, 0.2) is 24.3 Å². The van der Waals surface area contributed by atoms with Crippen LogP contribution in [0.5, 0.6) is 0 Å². The number of benzene rings is 1. The second-order valence-corrected chi connectivity index (χ2v) is 4.64. The van der Waals surface area contributed by atoms with Crippen molar-refractivity contribution in [3.63, 3.8) is 0 Å². The summed E-state index contributed by atoms with van der Waals surface area (Å²) in [6.45, 7) is 3.08. The average Bonchev–Trinajstić information content (AvgIpc) is 2.72. The molecule has 0 radical (unpaired) electrons. The maximum Gasteiger partial charge on any atom is 0.318 e. The van der Waals surface area contributed by atoms with Gasteiger partial charge in [-0.05, 0) is 37.6 Å². The summed E-state index contributed by atoms with van der Waals surface area (Å²) < 4.78 is 13.2. The first-order valence-electron chi connectivity index (χ1n) is 6.14. The molecule has 1 aromatic rings. The molecule has 2 atom stereocenters. The van der Waals surface area contributed by atoms with Crippen molar-refractivity contribution in [3.8, 4) is 0 Å². The minimum Gasteiger partial charge on any atom is -0.330 e. The molecule has 0 saturated carbocycles. The molecule has 0 aliphatic carbocycles. The highest BCUT2D eigenvalue weighted by atomic mass is 19.1. The second-order valence-electron chi connectivity index (χ2n) is 4.64. The number of carbonyl (C=O) groups excluding carboxylic acids is 1. The maximum atomic E-state index is 13.2. The third-order valence-corrected chi connectivity index (χ3v) is 3.31. The van der Waals surface area contributed by atoms with Gasteiger partial charge >= 0.3 is 6.03 Å². The predicted octanol–water partition coefficient (Wildman–Crippen LogP) is 1.63. The number of carbonyl (C=O) groups is 1. The normalized spacial score (nSPS) is 20.9. The molecule has 0 bridgehead atoms. The topological polar surface area (TPSA) is 58.4 Å². The Morgan fingerprint density at radius 1 is 1.61 bits per heavy atom. The summed E-state index contributed by atoms with van der Waals surface area (Å²) in [7, 11) is 0. The lowest BCUT2D eigenvalue weighted by atomic mass is 10.1. The van der Waals surface area contributed by atoms with Gasteiger partial charge in [0.15, 0.2) is 0 Å². The monoisotopic (exact) mass is 251 g/mol. The van der Waals surface area contributed by atoms with Crippen LogP contribution in [0.2, 0.25) is 0 Å². The Morgan fingerprint density at radius 3 is 3.06 bits per heavy atom. The van der Waals surface area contributed by atoms with Gasteiger partial charge < -0.3 is 16.0 Å². The van der Waals surface area contributed by atoms with Crippen LogP contribution in [0, 0.1) is 5.82 Å². The second kappa shape index (κ2) is 5.35. The summed E-state index contributed by atoms with van der Waals surface area (Å²) in [5.74, 6) is -0.282. The van der Waals surface area contributed by atoms with Gasteiger partial charge in [0.25, 0.3) is 0 Å². The van der Waals surface area contributed by atoms with Crippen LogP contribution in [-0.4, -0.2) is 30.1 Å². The smallest absolute Gasteiger partial charge is 0.318 e. The van der Waals surface area contributed by atoms with Gasteiger partial charge in [-0.25, -0.2) is 9.18 Å². The Bertz CT molecular complexity index is 438. The molecular formula is C13H18FN3O. The molecule has 1 aliphatic rings. The number of nitrogens with two attached hydrogens (primary N) is 1. The molecular weight excluding hydrogens is 233 g/mol. The lowest BCUT2D eigenvalue weighted by molar-refractivity contribution is 0.199. The maximum absolute atomic E-state index is 13.2. The lowest BCUT2D eigenvalue weighted by Crippen LogP contribution is -2.37. The molecule has 98 valence electrons. The zero-order chi connectivity index (χ0) is 13.1. The zero-order valence-electron chi connectivity index (χ0n) is 10.4. The minimum atomic E-state index is -0.282. The van der Waals surface area contributed by atoms with E-state index in [-0.39, 0.29) is 23.9 Å². The van der Waals surface area contributed by atoms with E-state index in [1.165, 1.54) is 12.1 Å². The summed E-state index contributed by atoms with van der Waals surface area (Å²) in [4.78, 5) is 13.6. The number of nitrogens with one attached hydrogen (secondary N) is 1. The van der Waals surface area contributed by atoms with E-state index >= 15 is 0 Å². The molecule has 0 spiro atoms. The first-order chi connectivity index (χ1) is 8.61. The molecule has 0 aromatic heterocycles. The molecule has 4 nitrogen and oxygen atoms in total. The fourth-order valence-electron chi connectivity index (χ4n) is 2.25. The quantitative estimate of drug-likeness (QED) is 0.854. The van der Waals surface area contributed by atoms with Crippen LogP contribution in [0.1, 0.15) is 24.9 Å². The molecule has 2 unspecified atom stereocenters. The molecule has 18 heavy (non-hydrogen) atoms. The minimum absolute atomic E-state index is 0.105. The number of urea groups is 1. The third kappa shape index (κ3) is 2.61. The van der Waals surface area contributed by atoms with Crippen LogP contribution in [-0.2, 0) is 0 Å². The highest BCUT2D eigenvalue weighted by molar-refractivity contribution is 5.77.